The van der Waals surface area contributed by atoms with Gasteiger partial charge in [-0.3, -0.25) is 4.79 Å². The zero-order valence-corrected chi connectivity index (χ0v) is 12.4. The number of H-pyrrole nitrogens is 1. The number of hydrogen-bond acceptors (Lipinski definition) is 5. The highest BCUT2D eigenvalue weighted by atomic mass is 32.2. The normalized spacial score (nSPS) is 10.8. The first kappa shape index (κ1) is 13.6. The lowest BCUT2D eigenvalue weighted by atomic mass is 10.1. The van der Waals surface area contributed by atoms with Crippen molar-refractivity contribution in [3.05, 3.63) is 46.9 Å². The van der Waals surface area contributed by atoms with Crippen molar-refractivity contribution >= 4 is 22.7 Å². The van der Waals surface area contributed by atoms with E-state index in [0.29, 0.717) is 21.8 Å². The standard InChI is InChI=1S/C15H13N3O2S/c1-20-10-5-3-9(4-6-10)13-12-11(7-8-16-14(12)19)17-15(18-13)21-2/h3-8H,1-2H3,(H,16,19). The Labute approximate surface area is 125 Å². The molecular formula is C15H13N3O2S. The molecule has 0 aliphatic carbocycles. The zero-order chi connectivity index (χ0) is 14.8. The Morgan fingerprint density at radius 2 is 1.90 bits per heavy atom. The van der Waals surface area contributed by atoms with Gasteiger partial charge < -0.3 is 9.72 Å². The van der Waals surface area contributed by atoms with Crippen LogP contribution in [-0.2, 0) is 0 Å². The average molecular weight is 299 g/mol. The molecule has 3 aromatic rings. The smallest absolute Gasteiger partial charge is 0.259 e. The summed E-state index contributed by atoms with van der Waals surface area (Å²) >= 11 is 1.45. The molecule has 0 spiro atoms. The van der Waals surface area contributed by atoms with Crippen LogP contribution in [0.4, 0.5) is 0 Å². The summed E-state index contributed by atoms with van der Waals surface area (Å²) in [5.74, 6) is 0.760. The SMILES string of the molecule is COc1ccc(-c2nc(SC)nc3cc[nH]c(=O)c23)cc1. The van der Waals surface area contributed by atoms with Crippen molar-refractivity contribution in [3.8, 4) is 17.0 Å². The van der Waals surface area contributed by atoms with Crippen molar-refractivity contribution in [1.29, 1.82) is 0 Å². The van der Waals surface area contributed by atoms with Gasteiger partial charge in [0.25, 0.3) is 5.56 Å². The molecule has 2 aromatic heterocycles. The van der Waals surface area contributed by atoms with Gasteiger partial charge in [0.05, 0.1) is 23.7 Å². The van der Waals surface area contributed by atoms with Crippen molar-refractivity contribution in [1.82, 2.24) is 15.0 Å². The van der Waals surface area contributed by atoms with E-state index in [1.165, 1.54) is 11.8 Å². The third-order valence-corrected chi connectivity index (χ3v) is 3.69. The van der Waals surface area contributed by atoms with E-state index in [9.17, 15) is 4.79 Å². The van der Waals surface area contributed by atoms with Gasteiger partial charge in [0.2, 0.25) is 0 Å². The van der Waals surface area contributed by atoms with Crippen LogP contribution < -0.4 is 10.3 Å². The van der Waals surface area contributed by atoms with Crippen LogP contribution in [0.1, 0.15) is 0 Å². The third-order valence-electron chi connectivity index (χ3n) is 3.15. The molecule has 21 heavy (non-hydrogen) atoms. The van der Waals surface area contributed by atoms with Gasteiger partial charge in [-0.05, 0) is 36.6 Å². The van der Waals surface area contributed by atoms with Crippen LogP contribution in [0.5, 0.6) is 5.75 Å². The maximum absolute atomic E-state index is 12.1. The molecule has 0 fully saturated rings. The monoisotopic (exact) mass is 299 g/mol. The average Bonchev–Trinajstić information content (AvgIpc) is 2.54. The van der Waals surface area contributed by atoms with E-state index >= 15 is 0 Å². The van der Waals surface area contributed by atoms with E-state index in [1.54, 1.807) is 19.4 Å². The number of aromatic amines is 1. The van der Waals surface area contributed by atoms with Gasteiger partial charge in [0.15, 0.2) is 5.16 Å². The number of thioether (sulfide) groups is 1. The minimum Gasteiger partial charge on any atom is -0.497 e. The molecule has 5 nitrogen and oxygen atoms in total. The number of fused-ring (bicyclic) bond motifs is 1. The van der Waals surface area contributed by atoms with E-state index in [-0.39, 0.29) is 5.56 Å². The van der Waals surface area contributed by atoms with Gasteiger partial charge in [-0.2, -0.15) is 0 Å². The minimum atomic E-state index is -0.189. The first-order chi connectivity index (χ1) is 10.2. The molecule has 1 aromatic carbocycles. The first-order valence-electron chi connectivity index (χ1n) is 6.31. The fourth-order valence-corrected chi connectivity index (χ4v) is 2.49. The van der Waals surface area contributed by atoms with Gasteiger partial charge in [0, 0.05) is 11.8 Å². The number of ether oxygens (including phenoxy) is 1. The van der Waals surface area contributed by atoms with E-state index in [2.05, 4.69) is 15.0 Å². The van der Waals surface area contributed by atoms with Crippen LogP contribution in [0.15, 0.2) is 46.5 Å². The lowest BCUT2D eigenvalue weighted by Gasteiger charge is -2.07. The zero-order valence-electron chi connectivity index (χ0n) is 11.6. The molecule has 6 heteroatoms. The molecule has 0 saturated carbocycles. The van der Waals surface area contributed by atoms with Crippen LogP contribution in [0.2, 0.25) is 0 Å². The Bertz CT molecular complexity index is 844. The molecule has 0 amide bonds. The van der Waals surface area contributed by atoms with Crippen LogP contribution in [0.25, 0.3) is 22.2 Å². The molecule has 2 heterocycles. The van der Waals surface area contributed by atoms with Gasteiger partial charge >= 0.3 is 0 Å². The molecule has 1 N–H and O–H groups in total. The number of pyridine rings is 1. The molecule has 0 saturated heterocycles. The van der Waals surface area contributed by atoms with Crippen molar-refractivity contribution in [3.63, 3.8) is 0 Å². The van der Waals surface area contributed by atoms with Crippen LogP contribution >= 0.6 is 11.8 Å². The van der Waals surface area contributed by atoms with Gasteiger partial charge in [0.1, 0.15) is 5.75 Å². The molecule has 3 rings (SSSR count). The van der Waals surface area contributed by atoms with Gasteiger partial charge in [-0.15, -0.1) is 0 Å². The van der Waals surface area contributed by atoms with Gasteiger partial charge in [-0.1, -0.05) is 11.8 Å². The second-order valence-corrected chi connectivity index (χ2v) is 5.13. The summed E-state index contributed by atoms with van der Waals surface area (Å²) in [4.78, 5) is 23.7. The number of nitrogens with zero attached hydrogens (tertiary/aromatic N) is 2. The van der Waals surface area contributed by atoms with Crippen LogP contribution in [-0.4, -0.2) is 28.3 Å². The molecule has 0 bridgehead atoms. The van der Waals surface area contributed by atoms with Gasteiger partial charge in [-0.25, -0.2) is 9.97 Å². The van der Waals surface area contributed by atoms with Crippen molar-refractivity contribution in [2.45, 2.75) is 5.16 Å². The molecular weight excluding hydrogens is 286 g/mol. The first-order valence-corrected chi connectivity index (χ1v) is 7.53. The molecule has 0 radical (unpaired) electrons. The Hall–Kier alpha value is -2.34. The fraction of sp³-hybridized carbons (Fsp3) is 0.133. The molecule has 0 aliphatic heterocycles. The summed E-state index contributed by atoms with van der Waals surface area (Å²) in [7, 11) is 1.62. The highest BCUT2D eigenvalue weighted by molar-refractivity contribution is 7.98. The highest BCUT2D eigenvalue weighted by Gasteiger charge is 2.12. The second kappa shape index (κ2) is 5.57. The Morgan fingerprint density at radius 3 is 2.57 bits per heavy atom. The molecule has 0 unspecified atom stereocenters. The van der Waals surface area contributed by atoms with Crippen LogP contribution in [0, 0.1) is 0 Å². The summed E-state index contributed by atoms with van der Waals surface area (Å²) in [5, 5.41) is 1.14. The number of methoxy groups -OCH3 is 1. The minimum absolute atomic E-state index is 0.189. The number of aromatic nitrogens is 3. The lowest BCUT2D eigenvalue weighted by Crippen LogP contribution is -2.08. The van der Waals surface area contributed by atoms with Crippen molar-refractivity contribution in [2.24, 2.45) is 0 Å². The lowest BCUT2D eigenvalue weighted by molar-refractivity contribution is 0.415. The number of rotatable bonds is 3. The Balaban J connectivity index is 2.31. The van der Waals surface area contributed by atoms with Crippen molar-refractivity contribution < 1.29 is 4.74 Å². The summed E-state index contributed by atoms with van der Waals surface area (Å²) in [5.41, 5.74) is 1.94. The highest BCUT2D eigenvalue weighted by Crippen LogP contribution is 2.27. The van der Waals surface area contributed by atoms with E-state index in [1.807, 2.05) is 30.5 Å². The fourth-order valence-electron chi connectivity index (χ4n) is 2.12. The number of hydrogen-bond donors (Lipinski definition) is 1. The summed E-state index contributed by atoms with van der Waals surface area (Å²) in [6, 6.07) is 9.25. The largest absolute Gasteiger partial charge is 0.497 e. The Morgan fingerprint density at radius 1 is 1.14 bits per heavy atom. The molecule has 0 atom stereocenters. The Kier molecular flexibility index (Phi) is 3.62. The number of nitrogens with one attached hydrogen (secondary N) is 1. The van der Waals surface area contributed by atoms with E-state index < -0.39 is 0 Å². The summed E-state index contributed by atoms with van der Waals surface area (Å²) in [6.07, 6.45) is 3.51. The molecule has 106 valence electrons. The maximum atomic E-state index is 12.1. The maximum Gasteiger partial charge on any atom is 0.259 e. The predicted molar refractivity (Wildman–Crippen MR) is 83.9 cm³/mol. The van der Waals surface area contributed by atoms with Crippen molar-refractivity contribution in [2.75, 3.05) is 13.4 Å². The summed E-state index contributed by atoms with van der Waals surface area (Å²) in [6.45, 7) is 0. The topological polar surface area (TPSA) is 67.9 Å². The number of benzene rings is 1. The second-order valence-electron chi connectivity index (χ2n) is 4.35. The predicted octanol–water partition coefficient (Wildman–Crippen LogP) is 2.72. The van der Waals surface area contributed by atoms with E-state index in [4.69, 9.17) is 4.74 Å². The third kappa shape index (κ3) is 2.50. The quantitative estimate of drug-likeness (QED) is 0.595. The molecule has 0 aliphatic rings. The summed E-state index contributed by atoms with van der Waals surface area (Å²) < 4.78 is 5.16. The van der Waals surface area contributed by atoms with E-state index in [0.717, 1.165) is 11.3 Å². The van der Waals surface area contributed by atoms with Crippen LogP contribution in [0.3, 0.4) is 0 Å².